The Morgan fingerprint density at radius 1 is 1.39 bits per heavy atom. The van der Waals surface area contributed by atoms with E-state index in [9.17, 15) is 0 Å². The molecule has 1 fully saturated rings. The van der Waals surface area contributed by atoms with Crippen molar-refractivity contribution in [2.75, 3.05) is 31.2 Å². The molecule has 0 bridgehead atoms. The first-order valence-electron chi connectivity index (χ1n) is 5.62. The average Bonchev–Trinajstić information content (AvgIpc) is 3.08. The number of aromatic amines is 1. The van der Waals surface area contributed by atoms with Crippen LogP contribution in [0, 0.1) is 11.3 Å². The average molecular weight is 245 g/mol. The third kappa shape index (κ3) is 1.94. The lowest BCUT2D eigenvalue weighted by Gasteiger charge is -2.24. The summed E-state index contributed by atoms with van der Waals surface area (Å²) < 4.78 is 10.4. The SMILES string of the molecule is N#Cc1c[nH]c(-c2nc(N3CCOCC3)no2)c1. The molecule has 92 valence electrons. The van der Waals surface area contributed by atoms with Crippen LogP contribution in [0.4, 0.5) is 5.95 Å². The first-order valence-corrected chi connectivity index (χ1v) is 5.62. The molecule has 1 saturated heterocycles. The summed E-state index contributed by atoms with van der Waals surface area (Å²) in [5.41, 5.74) is 1.19. The molecule has 0 spiro atoms. The van der Waals surface area contributed by atoms with E-state index in [-0.39, 0.29) is 0 Å². The molecule has 0 unspecified atom stereocenters. The number of nitrogens with one attached hydrogen (secondary N) is 1. The van der Waals surface area contributed by atoms with Gasteiger partial charge in [-0.1, -0.05) is 0 Å². The van der Waals surface area contributed by atoms with Gasteiger partial charge in [0.25, 0.3) is 11.8 Å². The quantitative estimate of drug-likeness (QED) is 0.840. The van der Waals surface area contributed by atoms with Crippen LogP contribution in [0.25, 0.3) is 11.6 Å². The highest BCUT2D eigenvalue weighted by Crippen LogP contribution is 2.20. The number of nitrogens with zero attached hydrogens (tertiary/aromatic N) is 4. The number of anilines is 1. The predicted molar refractivity (Wildman–Crippen MR) is 61.8 cm³/mol. The highest BCUT2D eigenvalue weighted by atomic mass is 16.5. The number of hydrogen-bond acceptors (Lipinski definition) is 6. The summed E-state index contributed by atoms with van der Waals surface area (Å²) in [7, 11) is 0. The Balaban J connectivity index is 1.82. The van der Waals surface area contributed by atoms with Crippen LogP contribution in [-0.4, -0.2) is 41.4 Å². The van der Waals surface area contributed by atoms with Crippen molar-refractivity contribution < 1.29 is 9.26 Å². The second-order valence-electron chi connectivity index (χ2n) is 3.91. The van der Waals surface area contributed by atoms with Gasteiger partial charge >= 0.3 is 0 Å². The first kappa shape index (κ1) is 10.8. The number of nitriles is 1. The number of morpholine rings is 1. The van der Waals surface area contributed by atoms with E-state index in [0.717, 1.165) is 13.1 Å². The Morgan fingerprint density at radius 3 is 2.94 bits per heavy atom. The number of ether oxygens (including phenoxy) is 1. The maximum Gasteiger partial charge on any atom is 0.275 e. The normalized spacial score (nSPS) is 15.6. The lowest BCUT2D eigenvalue weighted by molar-refractivity contribution is 0.121. The van der Waals surface area contributed by atoms with Gasteiger partial charge in [-0.2, -0.15) is 10.2 Å². The first-order chi connectivity index (χ1) is 8.86. The Kier molecular flexibility index (Phi) is 2.70. The summed E-state index contributed by atoms with van der Waals surface area (Å²) >= 11 is 0. The molecule has 0 atom stereocenters. The molecule has 0 saturated carbocycles. The summed E-state index contributed by atoms with van der Waals surface area (Å²) in [6, 6.07) is 3.72. The van der Waals surface area contributed by atoms with Gasteiger partial charge in [-0.05, 0) is 11.2 Å². The smallest absolute Gasteiger partial charge is 0.275 e. The number of hydrogen-bond donors (Lipinski definition) is 1. The van der Waals surface area contributed by atoms with Crippen LogP contribution >= 0.6 is 0 Å². The highest BCUT2D eigenvalue weighted by molar-refractivity contribution is 5.53. The molecule has 3 rings (SSSR count). The van der Waals surface area contributed by atoms with Gasteiger partial charge in [-0.3, -0.25) is 0 Å². The molecule has 0 radical (unpaired) electrons. The zero-order valence-corrected chi connectivity index (χ0v) is 9.59. The topological polar surface area (TPSA) is 91.0 Å². The van der Waals surface area contributed by atoms with Crippen molar-refractivity contribution >= 4 is 5.95 Å². The van der Waals surface area contributed by atoms with Crippen LogP contribution in [0.2, 0.25) is 0 Å². The molecule has 0 aliphatic carbocycles. The van der Waals surface area contributed by atoms with Crippen LogP contribution < -0.4 is 4.90 Å². The van der Waals surface area contributed by atoms with Gasteiger partial charge in [-0.15, -0.1) is 0 Å². The Hall–Kier alpha value is -2.33. The monoisotopic (exact) mass is 245 g/mol. The fourth-order valence-corrected chi connectivity index (χ4v) is 1.80. The molecule has 1 aliphatic heterocycles. The van der Waals surface area contributed by atoms with Crippen molar-refractivity contribution in [3.63, 3.8) is 0 Å². The molecule has 3 heterocycles. The van der Waals surface area contributed by atoms with Gasteiger partial charge in [0, 0.05) is 19.3 Å². The predicted octanol–water partition coefficient (Wildman–Crippen LogP) is 0.773. The highest BCUT2D eigenvalue weighted by Gasteiger charge is 2.18. The number of H-pyrrole nitrogens is 1. The van der Waals surface area contributed by atoms with E-state index < -0.39 is 0 Å². The number of aromatic nitrogens is 3. The fourth-order valence-electron chi connectivity index (χ4n) is 1.80. The van der Waals surface area contributed by atoms with E-state index >= 15 is 0 Å². The van der Waals surface area contributed by atoms with Crippen LogP contribution in [0.1, 0.15) is 5.56 Å². The molecule has 0 aromatic carbocycles. The molecular weight excluding hydrogens is 234 g/mol. The second kappa shape index (κ2) is 4.50. The van der Waals surface area contributed by atoms with Crippen LogP contribution in [-0.2, 0) is 4.74 Å². The van der Waals surface area contributed by atoms with Crippen molar-refractivity contribution in [3.8, 4) is 17.7 Å². The molecule has 1 aliphatic rings. The lowest BCUT2D eigenvalue weighted by atomic mass is 10.3. The molecular formula is C11H11N5O2. The Bertz CT molecular complexity index is 576. The van der Waals surface area contributed by atoms with Gasteiger partial charge in [-0.25, -0.2) is 0 Å². The standard InChI is InChI=1S/C11H11N5O2/c12-6-8-5-9(13-7-8)10-14-11(15-18-10)16-1-3-17-4-2-16/h5,7,13H,1-4H2. The Labute approximate surface area is 103 Å². The molecule has 2 aromatic rings. The number of rotatable bonds is 2. The zero-order valence-electron chi connectivity index (χ0n) is 9.59. The maximum absolute atomic E-state index is 8.75. The van der Waals surface area contributed by atoms with Gasteiger partial charge in [0.2, 0.25) is 0 Å². The minimum Gasteiger partial charge on any atom is -0.378 e. The van der Waals surface area contributed by atoms with Gasteiger partial charge in [0.15, 0.2) is 0 Å². The van der Waals surface area contributed by atoms with Gasteiger partial charge in [0.1, 0.15) is 11.8 Å². The van der Waals surface area contributed by atoms with Crippen molar-refractivity contribution in [1.82, 2.24) is 15.1 Å². The zero-order chi connectivity index (χ0) is 12.4. The van der Waals surface area contributed by atoms with E-state index in [1.165, 1.54) is 0 Å². The molecule has 7 nitrogen and oxygen atoms in total. The van der Waals surface area contributed by atoms with E-state index in [1.807, 2.05) is 11.0 Å². The van der Waals surface area contributed by atoms with E-state index in [2.05, 4.69) is 15.1 Å². The van der Waals surface area contributed by atoms with Crippen LogP contribution in [0.3, 0.4) is 0 Å². The summed E-state index contributed by atoms with van der Waals surface area (Å²) in [5.74, 6) is 0.944. The van der Waals surface area contributed by atoms with Crippen LogP contribution in [0.5, 0.6) is 0 Å². The second-order valence-corrected chi connectivity index (χ2v) is 3.91. The molecule has 0 amide bonds. The summed E-state index contributed by atoms with van der Waals surface area (Å²) in [6.07, 6.45) is 1.61. The van der Waals surface area contributed by atoms with Crippen molar-refractivity contribution in [1.29, 1.82) is 5.26 Å². The third-order valence-electron chi connectivity index (χ3n) is 2.75. The maximum atomic E-state index is 8.75. The van der Waals surface area contributed by atoms with Gasteiger partial charge < -0.3 is 19.1 Å². The largest absolute Gasteiger partial charge is 0.378 e. The van der Waals surface area contributed by atoms with Crippen molar-refractivity contribution in [2.24, 2.45) is 0 Å². The molecule has 1 N–H and O–H groups in total. The van der Waals surface area contributed by atoms with E-state index in [1.54, 1.807) is 12.3 Å². The molecule has 7 heteroatoms. The molecule has 18 heavy (non-hydrogen) atoms. The van der Waals surface area contributed by atoms with Crippen LogP contribution in [0.15, 0.2) is 16.8 Å². The lowest BCUT2D eigenvalue weighted by Crippen LogP contribution is -2.36. The molecule has 2 aromatic heterocycles. The van der Waals surface area contributed by atoms with Gasteiger partial charge in [0.05, 0.1) is 18.8 Å². The summed E-state index contributed by atoms with van der Waals surface area (Å²) in [5, 5.41) is 12.7. The van der Waals surface area contributed by atoms with E-state index in [0.29, 0.717) is 36.3 Å². The minimum absolute atomic E-state index is 0.387. The van der Waals surface area contributed by atoms with Crippen molar-refractivity contribution in [3.05, 3.63) is 17.8 Å². The summed E-state index contributed by atoms with van der Waals surface area (Å²) in [4.78, 5) is 9.24. The minimum atomic E-state index is 0.387. The third-order valence-corrected chi connectivity index (χ3v) is 2.75. The summed E-state index contributed by atoms with van der Waals surface area (Å²) in [6.45, 7) is 2.86. The van der Waals surface area contributed by atoms with Crippen molar-refractivity contribution in [2.45, 2.75) is 0 Å². The van der Waals surface area contributed by atoms with E-state index in [4.69, 9.17) is 14.5 Å². The fraction of sp³-hybridized carbons (Fsp3) is 0.364. The Morgan fingerprint density at radius 2 is 2.22 bits per heavy atom.